The van der Waals surface area contributed by atoms with Gasteiger partial charge in [0, 0.05) is 9.79 Å². The highest BCUT2D eigenvalue weighted by Crippen LogP contribution is 2.48. The van der Waals surface area contributed by atoms with Crippen LogP contribution >= 0.6 is 11.8 Å². The molecule has 6 heteroatoms. The number of hydrogen-bond donors (Lipinski definition) is 0. The van der Waals surface area contributed by atoms with Crippen LogP contribution in [-0.2, 0) is 4.79 Å². The highest BCUT2D eigenvalue weighted by Gasteiger charge is 2.30. The Morgan fingerprint density at radius 1 is 0.966 bits per heavy atom. The van der Waals surface area contributed by atoms with Crippen molar-refractivity contribution >= 4 is 35.1 Å². The summed E-state index contributed by atoms with van der Waals surface area (Å²) in [6, 6.07) is 22.8. The molecule has 3 aromatic carbocycles. The molecule has 0 spiro atoms. The number of anilines is 2. The molecule has 3 aromatic rings. The molecule has 0 fully saturated rings. The summed E-state index contributed by atoms with van der Waals surface area (Å²) in [4.78, 5) is 17.0. The SMILES string of the molecule is N#C/C(=C/c1ccc2c(c1)OCO2)C(=O)N1c2ccccc2Sc2ccccc21. The maximum Gasteiger partial charge on any atom is 0.273 e. The monoisotopic (exact) mass is 398 g/mol. The molecule has 0 radical (unpaired) electrons. The first-order valence-electron chi connectivity index (χ1n) is 8.96. The van der Waals surface area contributed by atoms with Crippen molar-refractivity contribution in [2.75, 3.05) is 11.7 Å². The van der Waals surface area contributed by atoms with Gasteiger partial charge in [-0.05, 0) is 48.0 Å². The lowest BCUT2D eigenvalue weighted by atomic mass is 10.1. The van der Waals surface area contributed by atoms with Gasteiger partial charge in [0.25, 0.3) is 5.91 Å². The summed E-state index contributed by atoms with van der Waals surface area (Å²) >= 11 is 1.61. The van der Waals surface area contributed by atoms with E-state index in [-0.39, 0.29) is 18.3 Å². The number of nitrogens with zero attached hydrogens (tertiary/aromatic N) is 2. The highest BCUT2D eigenvalue weighted by molar-refractivity contribution is 7.99. The molecule has 1 amide bonds. The Morgan fingerprint density at radius 3 is 2.31 bits per heavy atom. The molecule has 0 N–H and O–H groups in total. The Morgan fingerprint density at radius 2 is 1.62 bits per heavy atom. The Bertz CT molecular complexity index is 1170. The molecule has 0 aromatic heterocycles. The third-order valence-corrected chi connectivity index (χ3v) is 5.82. The average Bonchev–Trinajstić information content (AvgIpc) is 3.23. The van der Waals surface area contributed by atoms with Crippen LogP contribution in [0.2, 0.25) is 0 Å². The van der Waals surface area contributed by atoms with Crippen LogP contribution in [0.4, 0.5) is 11.4 Å². The van der Waals surface area contributed by atoms with Gasteiger partial charge in [-0.25, -0.2) is 0 Å². The topological polar surface area (TPSA) is 62.6 Å². The van der Waals surface area contributed by atoms with E-state index in [2.05, 4.69) is 6.07 Å². The van der Waals surface area contributed by atoms with Crippen molar-refractivity contribution in [2.45, 2.75) is 9.79 Å². The molecule has 0 atom stereocenters. The van der Waals surface area contributed by atoms with Gasteiger partial charge < -0.3 is 9.47 Å². The number of carbonyl (C=O) groups is 1. The molecule has 5 nitrogen and oxygen atoms in total. The third kappa shape index (κ3) is 3.02. The van der Waals surface area contributed by atoms with E-state index < -0.39 is 0 Å². The molecular formula is C23H14N2O3S. The number of ether oxygens (including phenoxy) is 2. The first-order chi connectivity index (χ1) is 14.2. The quantitative estimate of drug-likeness (QED) is 0.441. The number of nitriles is 1. The fraction of sp³-hybridized carbons (Fsp3) is 0.0435. The Labute approximate surface area is 171 Å². The molecule has 0 bridgehead atoms. The maximum atomic E-state index is 13.5. The van der Waals surface area contributed by atoms with Crippen LogP contribution in [0.25, 0.3) is 6.08 Å². The Kier molecular flexibility index (Phi) is 4.23. The lowest BCUT2D eigenvalue weighted by molar-refractivity contribution is -0.114. The molecule has 0 saturated heterocycles. The van der Waals surface area contributed by atoms with E-state index in [0.29, 0.717) is 17.1 Å². The van der Waals surface area contributed by atoms with Gasteiger partial charge in [0.1, 0.15) is 11.6 Å². The molecule has 140 valence electrons. The van der Waals surface area contributed by atoms with E-state index in [4.69, 9.17) is 9.47 Å². The zero-order valence-corrected chi connectivity index (χ0v) is 16.0. The summed E-state index contributed by atoms with van der Waals surface area (Å²) in [5.74, 6) is 0.891. The number of benzene rings is 3. The van der Waals surface area contributed by atoms with Crippen molar-refractivity contribution in [1.29, 1.82) is 5.26 Å². The van der Waals surface area contributed by atoms with E-state index in [0.717, 1.165) is 21.2 Å². The number of carbonyl (C=O) groups excluding carboxylic acids is 1. The van der Waals surface area contributed by atoms with Crippen molar-refractivity contribution in [1.82, 2.24) is 0 Å². The van der Waals surface area contributed by atoms with Crippen molar-refractivity contribution in [3.63, 3.8) is 0 Å². The van der Waals surface area contributed by atoms with Gasteiger partial charge in [0.05, 0.1) is 11.4 Å². The van der Waals surface area contributed by atoms with E-state index >= 15 is 0 Å². The Hall–Kier alpha value is -3.69. The largest absolute Gasteiger partial charge is 0.454 e. The second-order valence-corrected chi connectivity index (χ2v) is 7.54. The normalized spacial score (nSPS) is 14.0. The summed E-state index contributed by atoms with van der Waals surface area (Å²) in [5.41, 5.74) is 2.29. The lowest BCUT2D eigenvalue weighted by Crippen LogP contribution is -2.29. The van der Waals surface area contributed by atoms with Crippen LogP contribution in [0.3, 0.4) is 0 Å². The molecular weight excluding hydrogens is 384 g/mol. The summed E-state index contributed by atoms with van der Waals surface area (Å²) in [6.45, 7) is 0.172. The predicted molar refractivity (Wildman–Crippen MR) is 110 cm³/mol. The van der Waals surface area contributed by atoms with Gasteiger partial charge in [-0.1, -0.05) is 42.1 Å². The van der Waals surface area contributed by atoms with Crippen LogP contribution in [-0.4, -0.2) is 12.7 Å². The van der Waals surface area contributed by atoms with Gasteiger partial charge in [-0.2, -0.15) is 5.26 Å². The van der Waals surface area contributed by atoms with Gasteiger partial charge in [-0.3, -0.25) is 9.69 Å². The molecule has 0 saturated carbocycles. The molecule has 2 heterocycles. The number of rotatable bonds is 2. The van der Waals surface area contributed by atoms with Crippen molar-refractivity contribution in [2.24, 2.45) is 0 Å². The van der Waals surface area contributed by atoms with Crippen molar-refractivity contribution < 1.29 is 14.3 Å². The molecule has 5 rings (SSSR count). The van der Waals surface area contributed by atoms with Crippen molar-refractivity contribution in [3.8, 4) is 17.6 Å². The fourth-order valence-electron chi connectivity index (χ4n) is 3.36. The second-order valence-electron chi connectivity index (χ2n) is 6.46. The minimum absolute atomic E-state index is 0.0420. The van der Waals surface area contributed by atoms with E-state index in [1.165, 1.54) is 0 Å². The van der Waals surface area contributed by atoms with E-state index in [9.17, 15) is 10.1 Å². The van der Waals surface area contributed by atoms with Gasteiger partial charge in [-0.15, -0.1) is 0 Å². The fourth-order valence-corrected chi connectivity index (χ4v) is 4.41. The minimum atomic E-state index is -0.370. The van der Waals surface area contributed by atoms with Crippen LogP contribution in [0, 0.1) is 11.3 Å². The van der Waals surface area contributed by atoms with Crippen LogP contribution in [0.5, 0.6) is 11.5 Å². The minimum Gasteiger partial charge on any atom is -0.454 e. The third-order valence-electron chi connectivity index (χ3n) is 4.69. The summed E-state index contributed by atoms with van der Waals surface area (Å²) < 4.78 is 10.7. The predicted octanol–water partition coefficient (Wildman–Crippen LogP) is 5.15. The smallest absolute Gasteiger partial charge is 0.273 e. The first kappa shape index (κ1) is 17.4. The first-order valence-corrected chi connectivity index (χ1v) is 9.78. The number of hydrogen-bond acceptors (Lipinski definition) is 5. The summed E-state index contributed by atoms with van der Waals surface area (Å²) in [7, 11) is 0. The van der Waals surface area contributed by atoms with Crippen LogP contribution in [0.1, 0.15) is 5.56 Å². The zero-order valence-electron chi connectivity index (χ0n) is 15.2. The molecule has 2 aliphatic heterocycles. The van der Waals surface area contributed by atoms with Gasteiger partial charge in [0.15, 0.2) is 11.5 Å². The molecule has 2 aliphatic rings. The molecule has 29 heavy (non-hydrogen) atoms. The molecule has 0 aliphatic carbocycles. The van der Waals surface area contributed by atoms with Gasteiger partial charge >= 0.3 is 0 Å². The Balaban J connectivity index is 1.58. The van der Waals surface area contributed by atoms with Gasteiger partial charge in [0.2, 0.25) is 6.79 Å². The van der Waals surface area contributed by atoms with Crippen LogP contribution < -0.4 is 14.4 Å². The van der Waals surface area contributed by atoms with E-state index in [1.807, 2.05) is 48.5 Å². The standard InChI is InChI=1S/C23H14N2O3S/c24-13-16(11-15-9-10-19-20(12-15)28-14-27-19)23(26)25-17-5-1-3-7-21(17)29-22-8-4-2-6-18(22)25/h1-12H,14H2/b16-11-. The van der Waals surface area contributed by atoms with Crippen molar-refractivity contribution in [3.05, 3.63) is 77.9 Å². The number of amides is 1. The van der Waals surface area contributed by atoms with Crippen LogP contribution in [0.15, 0.2) is 82.1 Å². The number of para-hydroxylation sites is 2. The zero-order chi connectivity index (χ0) is 19.8. The number of fused-ring (bicyclic) bond motifs is 3. The summed E-state index contributed by atoms with van der Waals surface area (Å²) in [5, 5.41) is 9.75. The summed E-state index contributed by atoms with van der Waals surface area (Å²) in [6.07, 6.45) is 1.58. The average molecular weight is 398 g/mol. The van der Waals surface area contributed by atoms with E-state index in [1.54, 1.807) is 40.9 Å². The lowest BCUT2D eigenvalue weighted by Gasteiger charge is -2.30. The second kappa shape index (κ2) is 7.04. The molecule has 0 unspecified atom stereocenters. The highest BCUT2D eigenvalue weighted by atomic mass is 32.2. The maximum absolute atomic E-state index is 13.5.